The Morgan fingerprint density at radius 1 is 1.19 bits per heavy atom. The van der Waals surface area contributed by atoms with Gasteiger partial charge < -0.3 is 21.6 Å². The molecule has 4 amide bonds. The molecule has 0 spiro atoms. The minimum absolute atomic E-state index is 0.341. The zero-order valence-electron chi connectivity index (χ0n) is 17.3. The van der Waals surface area contributed by atoms with Crippen molar-refractivity contribution in [2.75, 3.05) is 6.54 Å². The Hall–Kier alpha value is -4.21. The zero-order chi connectivity index (χ0) is 23.3. The quantitative estimate of drug-likeness (QED) is 0.210. The van der Waals surface area contributed by atoms with E-state index in [0.717, 1.165) is 10.5 Å². The fourth-order valence-electron chi connectivity index (χ4n) is 3.52. The number of urea groups is 1. The van der Waals surface area contributed by atoms with Crippen molar-refractivity contribution >= 4 is 30.0 Å². The molecular weight excluding hydrogens is 414 g/mol. The number of rotatable bonds is 8. The molecule has 3 rings (SSSR count). The molecule has 0 unspecified atom stereocenters. The van der Waals surface area contributed by atoms with Gasteiger partial charge >= 0.3 is 12.0 Å². The number of carboxylic acids is 1. The highest BCUT2D eigenvalue weighted by atomic mass is 16.4. The van der Waals surface area contributed by atoms with Crippen LogP contribution in [0.15, 0.2) is 59.7 Å². The van der Waals surface area contributed by atoms with Gasteiger partial charge in [0.2, 0.25) is 5.91 Å². The highest BCUT2D eigenvalue weighted by Crippen LogP contribution is 2.29. The average molecular weight is 437 g/mol. The fourth-order valence-corrected chi connectivity index (χ4v) is 3.52. The Bertz CT molecular complexity index is 1050. The van der Waals surface area contributed by atoms with Crippen molar-refractivity contribution in [2.24, 2.45) is 10.9 Å². The molecule has 1 fully saturated rings. The van der Waals surface area contributed by atoms with E-state index in [9.17, 15) is 24.3 Å². The number of amides is 4. The first kappa shape index (κ1) is 22.5. The summed E-state index contributed by atoms with van der Waals surface area (Å²) in [6.45, 7) is 1.01. The van der Waals surface area contributed by atoms with E-state index in [0.29, 0.717) is 11.1 Å². The molecule has 0 aromatic heterocycles. The Kier molecular flexibility index (Phi) is 6.53. The molecule has 2 atom stereocenters. The van der Waals surface area contributed by atoms with E-state index in [1.165, 1.54) is 6.21 Å². The van der Waals surface area contributed by atoms with Gasteiger partial charge in [-0.2, -0.15) is 5.10 Å². The number of carbonyl (C=O) groups is 4. The summed E-state index contributed by atoms with van der Waals surface area (Å²) >= 11 is 0. The van der Waals surface area contributed by atoms with Gasteiger partial charge in [0.25, 0.3) is 5.91 Å². The van der Waals surface area contributed by atoms with Crippen LogP contribution in [0.1, 0.15) is 36.1 Å². The van der Waals surface area contributed by atoms with Gasteiger partial charge in [-0.1, -0.05) is 54.6 Å². The van der Waals surface area contributed by atoms with Gasteiger partial charge in [-0.15, -0.1) is 0 Å². The smallest absolute Gasteiger partial charge is 0.325 e. The molecule has 10 nitrogen and oxygen atoms in total. The van der Waals surface area contributed by atoms with E-state index >= 15 is 0 Å². The molecule has 10 heteroatoms. The lowest BCUT2D eigenvalue weighted by Gasteiger charge is -2.23. The van der Waals surface area contributed by atoms with Crippen molar-refractivity contribution in [3.05, 3.63) is 71.3 Å². The van der Waals surface area contributed by atoms with Crippen LogP contribution < -0.4 is 16.5 Å². The van der Waals surface area contributed by atoms with Crippen LogP contribution in [0.4, 0.5) is 4.79 Å². The third-order valence-electron chi connectivity index (χ3n) is 5.20. The van der Waals surface area contributed by atoms with Crippen molar-refractivity contribution in [2.45, 2.75) is 24.9 Å². The summed E-state index contributed by atoms with van der Waals surface area (Å²) < 4.78 is 0. The maximum atomic E-state index is 13.0. The first-order valence-electron chi connectivity index (χ1n) is 9.78. The lowest BCUT2D eigenvalue weighted by atomic mass is 9.91. The standard InChI is InChI=1S/C22H23N5O5/c1-22(16-9-7-14(8-10-16)12-24-23)20(31)27(21(32)26-22)13-18(28)25-17(11-19(29)30)15-5-3-2-4-6-15/h2-10,12,17H,11,13,23H2,1H3,(H,25,28)(H,26,32)(H,29,30)/b24-12+/t17-,22-/m1/s1. The number of hydrazone groups is 1. The number of nitrogens with one attached hydrogen (secondary N) is 2. The molecular formula is C22H23N5O5. The van der Waals surface area contributed by atoms with Gasteiger partial charge in [0.05, 0.1) is 18.7 Å². The van der Waals surface area contributed by atoms with E-state index in [1.807, 2.05) is 0 Å². The van der Waals surface area contributed by atoms with Crippen LogP contribution in [0, 0.1) is 0 Å². The van der Waals surface area contributed by atoms with Crippen LogP contribution in [0.3, 0.4) is 0 Å². The number of nitrogens with zero attached hydrogens (tertiary/aromatic N) is 2. The second kappa shape index (κ2) is 9.29. The number of benzene rings is 2. The summed E-state index contributed by atoms with van der Waals surface area (Å²) in [5.41, 5.74) is 0.501. The lowest BCUT2D eigenvalue weighted by Crippen LogP contribution is -2.44. The molecule has 2 aromatic rings. The number of hydrogen-bond donors (Lipinski definition) is 4. The Morgan fingerprint density at radius 2 is 1.84 bits per heavy atom. The maximum Gasteiger partial charge on any atom is 0.325 e. The fraction of sp³-hybridized carbons (Fsp3) is 0.227. The SMILES string of the molecule is C[C@]1(c2ccc(/C=N/N)cc2)NC(=O)N(CC(=O)N[C@H](CC(=O)O)c2ccccc2)C1=O. The molecule has 1 saturated heterocycles. The van der Waals surface area contributed by atoms with Crippen molar-refractivity contribution in [1.29, 1.82) is 0 Å². The van der Waals surface area contributed by atoms with Crippen molar-refractivity contribution < 1.29 is 24.3 Å². The molecule has 0 bridgehead atoms. The minimum Gasteiger partial charge on any atom is -0.481 e. The second-order valence-corrected chi connectivity index (χ2v) is 7.48. The van der Waals surface area contributed by atoms with Gasteiger partial charge in [-0.3, -0.25) is 19.3 Å². The normalized spacial score (nSPS) is 19.1. The van der Waals surface area contributed by atoms with Crippen LogP contribution in [0.5, 0.6) is 0 Å². The number of nitrogens with two attached hydrogens (primary N) is 1. The van der Waals surface area contributed by atoms with Gasteiger partial charge in [0.1, 0.15) is 12.1 Å². The summed E-state index contributed by atoms with van der Waals surface area (Å²) in [6, 6.07) is 13.8. The van der Waals surface area contributed by atoms with E-state index in [2.05, 4.69) is 15.7 Å². The van der Waals surface area contributed by atoms with Gasteiger partial charge in [-0.25, -0.2) is 4.79 Å². The average Bonchev–Trinajstić information content (AvgIpc) is 2.98. The molecule has 0 radical (unpaired) electrons. The monoisotopic (exact) mass is 437 g/mol. The van der Waals surface area contributed by atoms with Gasteiger partial charge in [-0.05, 0) is 23.6 Å². The molecule has 5 N–H and O–H groups in total. The largest absolute Gasteiger partial charge is 0.481 e. The molecule has 1 aliphatic rings. The minimum atomic E-state index is -1.35. The molecule has 0 aliphatic carbocycles. The van der Waals surface area contributed by atoms with Gasteiger partial charge in [0, 0.05) is 0 Å². The lowest BCUT2D eigenvalue weighted by molar-refractivity contribution is -0.138. The summed E-state index contributed by atoms with van der Waals surface area (Å²) in [6.07, 6.45) is 1.10. The summed E-state index contributed by atoms with van der Waals surface area (Å²) in [5, 5.41) is 17.8. The van der Waals surface area contributed by atoms with Crippen molar-refractivity contribution in [1.82, 2.24) is 15.5 Å². The third kappa shape index (κ3) is 4.75. The van der Waals surface area contributed by atoms with Crippen molar-refractivity contribution in [3.63, 3.8) is 0 Å². The number of hydrogen-bond acceptors (Lipinski definition) is 6. The van der Waals surface area contributed by atoms with E-state index < -0.39 is 41.9 Å². The zero-order valence-corrected chi connectivity index (χ0v) is 17.3. The van der Waals surface area contributed by atoms with E-state index in [-0.39, 0.29) is 6.42 Å². The summed E-state index contributed by atoms with van der Waals surface area (Å²) in [7, 11) is 0. The molecule has 2 aromatic carbocycles. The number of imide groups is 1. The summed E-state index contributed by atoms with van der Waals surface area (Å²) in [4.78, 5) is 50.2. The van der Waals surface area contributed by atoms with Crippen molar-refractivity contribution in [3.8, 4) is 0 Å². The highest BCUT2D eigenvalue weighted by Gasteiger charge is 2.49. The molecule has 1 heterocycles. The topological polar surface area (TPSA) is 154 Å². The molecule has 166 valence electrons. The van der Waals surface area contributed by atoms with Crippen LogP contribution in [-0.2, 0) is 19.9 Å². The van der Waals surface area contributed by atoms with Crippen LogP contribution in [0.25, 0.3) is 0 Å². The van der Waals surface area contributed by atoms with Gasteiger partial charge in [0.15, 0.2) is 0 Å². The predicted molar refractivity (Wildman–Crippen MR) is 115 cm³/mol. The number of carbonyl (C=O) groups excluding carboxylic acids is 3. The van der Waals surface area contributed by atoms with Crippen LogP contribution in [0.2, 0.25) is 0 Å². The van der Waals surface area contributed by atoms with Crippen LogP contribution >= 0.6 is 0 Å². The maximum absolute atomic E-state index is 13.0. The molecule has 32 heavy (non-hydrogen) atoms. The Morgan fingerprint density at radius 3 is 2.44 bits per heavy atom. The first-order chi connectivity index (χ1) is 15.2. The Balaban J connectivity index is 1.74. The highest BCUT2D eigenvalue weighted by molar-refractivity contribution is 6.09. The molecule has 1 aliphatic heterocycles. The van der Waals surface area contributed by atoms with E-state index in [1.54, 1.807) is 61.5 Å². The molecule has 0 saturated carbocycles. The second-order valence-electron chi connectivity index (χ2n) is 7.48. The number of aliphatic carboxylic acids is 1. The number of carboxylic acid groups (broad SMARTS) is 1. The third-order valence-corrected chi connectivity index (χ3v) is 5.20. The van der Waals surface area contributed by atoms with E-state index in [4.69, 9.17) is 5.84 Å². The van der Waals surface area contributed by atoms with Crippen LogP contribution in [-0.4, -0.2) is 46.6 Å². The Labute approximate surface area is 184 Å². The first-order valence-corrected chi connectivity index (χ1v) is 9.78. The summed E-state index contributed by atoms with van der Waals surface area (Å²) in [5.74, 6) is 2.80. The predicted octanol–water partition coefficient (Wildman–Crippen LogP) is 1.08.